The third kappa shape index (κ3) is 3.41. The van der Waals surface area contributed by atoms with Crippen LogP contribution in [0.1, 0.15) is 126 Å². The lowest BCUT2D eigenvalue weighted by Crippen LogP contribution is -2.67. The molecule has 5 fully saturated rings. The number of fused-ring (bicyclic) bond motifs is 7. The fraction of sp³-hybridized carbons (Fsp3) is 0.938. The number of ether oxygens (including phenoxy) is 1. The van der Waals surface area contributed by atoms with E-state index in [1.165, 1.54) is 57.8 Å². The van der Waals surface area contributed by atoms with E-state index in [0.717, 1.165) is 18.8 Å². The van der Waals surface area contributed by atoms with Gasteiger partial charge in [0.1, 0.15) is 5.78 Å². The molecule has 5 saturated carbocycles. The largest absolute Gasteiger partial charge is 0.465 e. The Kier molecular flexibility index (Phi) is 5.76. The molecular weight excluding hydrogens is 432 g/mol. The summed E-state index contributed by atoms with van der Waals surface area (Å²) < 4.78 is 5.62. The van der Waals surface area contributed by atoms with Crippen molar-refractivity contribution in [3.8, 4) is 0 Å². The third-order valence-corrected chi connectivity index (χ3v) is 14.2. The molecule has 0 bridgehead atoms. The monoisotopic (exact) mass is 484 g/mol. The molecule has 0 N–H and O–H groups in total. The van der Waals surface area contributed by atoms with Gasteiger partial charge in [-0.05, 0) is 109 Å². The Hall–Kier alpha value is -0.860. The highest BCUT2D eigenvalue weighted by Crippen LogP contribution is 2.78. The van der Waals surface area contributed by atoms with Gasteiger partial charge in [0.05, 0.1) is 6.61 Å². The van der Waals surface area contributed by atoms with Crippen LogP contribution in [0.2, 0.25) is 0 Å². The molecule has 5 rings (SSSR count). The fourth-order valence-corrected chi connectivity index (χ4v) is 11.5. The van der Waals surface area contributed by atoms with Crippen LogP contribution in [-0.2, 0) is 14.3 Å². The third-order valence-electron chi connectivity index (χ3n) is 14.2. The average molecular weight is 485 g/mol. The van der Waals surface area contributed by atoms with E-state index in [0.29, 0.717) is 45.9 Å². The van der Waals surface area contributed by atoms with Crippen LogP contribution in [0, 0.1) is 56.2 Å². The summed E-state index contributed by atoms with van der Waals surface area (Å²) >= 11 is 0. The first-order chi connectivity index (χ1) is 16.1. The van der Waals surface area contributed by atoms with Crippen LogP contribution < -0.4 is 0 Å². The highest BCUT2D eigenvalue weighted by molar-refractivity contribution is 5.82. The summed E-state index contributed by atoms with van der Waals surface area (Å²) in [4.78, 5) is 24.4. The first-order valence-corrected chi connectivity index (χ1v) is 14.8. The summed E-state index contributed by atoms with van der Waals surface area (Å²) in [5, 5.41) is 0. The molecule has 3 nitrogen and oxygen atoms in total. The molecule has 0 saturated heterocycles. The van der Waals surface area contributed by atoms with Crippen LogP contribution in [0.4, 0.5) is 0 Å². The molecule has 0 aromatic heterocycles. The zero-order chi connectivity index (χ0) is 25.7. The van der Waals surface area contributed by atoms with Crippen molar-refractivity contribution in [2.45, 2.75) is 126 Å². The Balaban J connectivity index is 1.49. The number of esters is 1. The summed E-state index contributed by atoms with van der Waals surface area (Å²) in [5.41, 5.74) is 1.71. The molecule has 5 aliphatic carbocycles. The van der Waals surface area contributed by atoms with E-state index >= 15 is 0 Å². The molecule has 10 atom stereocenters. The lowest BCUT2D eigenvalue weighted by molar-refractivity contribution is -0.258. The summed E-state index contributed by atoms with van der Waals surface area (Å²) in [5.74, 6) is 2.71. The molecule has 0 aromatic rings. The normalized spacial score (nSPS) is 55.7. The van der Waals surface area contributed by atoms with Crippen molar-refractivity contribution in [3.05, 3.63) is 0 Å². The quantitative estimate of drug-likeness (QED) is 0.373. The molecule has 0 unspecified atom stereocenters. The molecule has 0 aromatic carbocycles. The van der Waals surface area contributed by atoms with E-state index in [-0.39, 0.29) is 22.7 Å². The fourth-order valence-electron chi connectivity index (χ4n) is 11.5. The lowest BCUT2D eigenvalue weighted by atomic mass is 9.30. The van der Waals surface area contributed by atoms with E-state index in [9.17, 15) is 9.59 Å². The van der Waals surface area contributed by atoms with Gasteiger partial charge in [0, 0.05) is 24.7 Å². The van der Waals surface area contributed by atoms with Gasteiger partial charge in [0.15, 0.2) is 0 Å². The minimum Gasteiger partial charge on any atom is -0.465 e. The Bertz CT molecular complexity index is 910. The molecule has 35 heavy (non-hydrogen) atoms. The van der Waals surface area contributed by atoms with Gasteiger partial charge >= 0.3 is 5.97 Å². The van der Waals surface area contributed by atoms with E-state index in [4.69, 9.17) is 4.74 Å². The van der Waals surface area contributed by atoms with E-state index in [1.54, 1.807) is 6.92 Å². The minimum absolute atomic E-state index is 0.0994. The van der Waals surface area contributed by atoms with Crippen molar-refractivity contribution in [2.75, 3.05) is 6.61 Å². The predicted octanol–water partition coefficient (Wildman–Crippen LogP) is 8.00. The van der Waals surface area contributed by atoms with Crippen LogP contribution in [0.3, 0.4) is 0 Å². The van der Waals surface area contributed by atoms with Crippen LogP contribution in [-0.4, -0.2) is 18.4 Å². The average Bonchev–Trinajstić information content (AvgIpc) is 2.79. The predicted molar refractivity (Wildman–Crippen MR) is 141 cm³/mol. The second kappa shape index (κ2) is 7.83. The molecule has 0 amide bonds. The van der Waals surface area contributed by atoms with Gasteiger partial charge in [-0.3, -0.25) is 9.59 Å². The standard InChI is InChI=1S/C32H52O3/c1-21-23(34)9-10-24-29(21,5)12-11-25-30(24,6)16-18-32(8)26-19-27(3,20-35-22(2)33)13-14-28(26,4)15-17-31(25,32)7/h21,24-26H,9-20H2,1-8H3/t21-,24+,25-,26+,27-,28+,29+,30-,31+,32-/m0/s1. The van der Waals surface area contributed by atoms with Crippen molar-refractivity contribution in [3.63, 3.8) is 0 Å². The molecular formula is C32H52O3. The first kappa shape index (κ1) is 25.8. The molecule has 5 aliphatic rings. The topological polar surface area (TPSA) is 43.4 Å². The van der Waals surface area contributed by atoms with E-state index in [2.05, 4.69) is 48.5 Å². The number of rotatable bonds is 2. The SMILES string of the molecule is CC(=O)OC[C@@]1(C)CC[C@]2(C)CC[C@]3(C)[C@H]4CC[C@@]5(C)[C@@H](CCC(=O)[C@@H]5C)[C@]4(C)CC[C@@]3(C)[C@@H]2C1. The number of carbonyl (C=O) groups is 2. The molecule has 0 spiro atoms. The van der Waals surface area contributed by atoms with E-state index in [1.807, 2.05) is 0 Å². The maximum absolute atomic E-state index is 12.8. The zero-order valence-electron chi connectivity index (χ0n) is 24.0. The highest BCUT2D eigenvalue weighted by Gasteiger charge is 2.71. The molecule has 0 aliphatic heterocycles. The van der Waals surface area contributed by atoms with Crippen molar-refractivity contribution < 1.29 is 14.3 Å². The second-order valence-corrected chi connectivity index (χ2v) is 15.7. The van der Waals surface area contributed by atoms with Gasteiger partial charge in [-0.25, -0.2) is 0 Å². The second-order valence-electron chi connectivity index (χ2n) is 15.7. The van der Waals surface area contributed by atoms with Crippen molar-refractivity contribution >= 4 is 11.8 Å². The smallest absolute Gasteiger partial charge is 0.302 e. The van der Waals surface area contributed by atoms with Crippen molar-refractivity contribution in [2.24, 2.45) is 56.2 Å². The van der Waals surface area contributed by atoms with Crippen LogP contribution in [0.15, 0.2) is 0 Å². The Morgan fingerprint density at radius 1 is 0.800 bits per heavy atom. The van der Waals surface area contributed by atoms with Crippen LogP contribution in [0.5, 0.6) is 0 Å². The summed E-state index contributed by atoms with van der Waals surface area (Å²) in [6, 6.07) is 0. The van der Waals surface area contributed by atoms with Crippen LogP contribution >= 0.6 is 0 Å². The summed E-state index contributed by atoms with van der Waals surface area (Å²) in [6.45, 7) is 19.8. The maximum atomic E-state index is 12.8. The number of hydrogen-bond acceptors (Lipinski definition) is 3. The van der Waals surface area contributed by atoms with Gasteiger partial charge in [0.2, 0.25) is 0 Å². The Morgan fingerprint density at radius 3 is 2.11 bits per heavy atom. The molecule has 0 radical (unpaired) electrons. The Labute approximate surface area is 214 Å². The van der Waals surface area contributed by atoms with Gasteiger partial charge in [-0.2, -0.15) is 0 Å². The highest BCUT2D eigenvalue weighted by atomic mass is 16.5. The molecule has 198 valence electrons. The summed E-state index contributed by atoms with van der Waals surface area (Å²) in [7, 11) is 0. The Morgan fingerprint density at radius 2 is 1.43 bits per heavy atom. The number of Topliss-reactive ketones (excluding diaryl/α,β-unsaturated/α-hetero) is 1. The molecule has 0 heterocycles. The lowest BCUT2D eigenvalue weighted by Gasteiger charge is -2.74. The van der Waals surface area contributed by atoms with Gasteiger partial charge in [-0.1, -0.05) is 48.5 Å². The molecule has 3 heteroatoms. The van der Waals surface area contributed by atoms with Crippen molar-refractivity contribution in [1.29, 1.82) is 0 Å². The zero-order valence-corrected chi connectivity index (χ0v) is 24.0. The maximum Gasteiger partial charge on any atom is 0.302 e. The number of carbonyl (C=O) groups excluding carboxylic acids is 2. The van der Waals surface area contributed by atoms with Gasteiger partial charge in [-0.15, -0.1) is 0 Å². The first-order valence-electron chi connectivity index (χ1n) is 14.8. The van der Waals surface area contributed by atoms with Crippen molar-refractivity contribution in [1.82, 2.24) is 0 Å². The van der Waals surface area contributed by atoms with Gasteiger partial charge in [0.25, 0.3) is 0 Å². The number of hydrogen-bond donors (Lipinski definition) is 0. The summed E-state index contributed by atoms with van der Waals surface area (Å²) in [6.07, 6.45) is 13.4. The van der Waals surface area contributed by atoms with E-state index < -0.39 is 0 Å². The minimum atomic E-state index is -0.141. The number of ketones is 1. The van der Waals surface area contributed by atoms with Gasteiger partial charge < -0.3 is 4.74 Å². The van der Waals surface area contributed by atoms with Crippen LogP contribution in [0.25, 0.3) is 0 Å².